The molecular weight excluding hydrogens is 283 g/mol. The largest absolute Gasteiger partial charge is 0.369 e. The molecule has 0 fully saturated rings. The van der Waals surface area contributed by atoms with Crippen LogP contribution in [-0.2, 0) is 4.79 Å². The van der Waals surface area contributed by atoms with Gasteiger partial charge in [0.2, 0.25) is 5.91 Å². The number of carbonyl (C=O) groups is 1. The summed E-state index contributed by atoms with van der Waals surface area (Å²) in [6.45, 7) is 10.5. The fourth-order valence-electron chi connectivity index (χ4n) is 2.29. The Balaban J connectivity index is 0.000000433. The smallest absolute Gasteiger partial charge is 0.220 e. The van der Waals surface area contributed by atoms with Crippen molar-refractivity contribution >= 4 is 19.2 Å². The normalized spacial score (nSPS) is 11.6. The molecule has 0 saturated carbocycles. The van der Waals surface area contributed by atoms with Gasteiger partial charge in [-0.25, -0.2) is 0 Å². The van der Waals surface area contributed by atoms with Gasteiger partial charge in [0, 0.05) is 5.92 Å². The Morgan fingerprint density at radius 1 is 1.22 bits per heavy atom. The standard InChI is InChI=1S/C11H23NO.C8H6BN/c1-8(2)5-6-10(11(12)13)7-9(3)4;1-6-4-8(9)3-2-7(6)5-10/h8-10H,5-7H2,1-4H3,(H2,12,13);2-4H,1H3. The number of carbonyl (C=O) groups excluding carboxylic acids is 1. The molecule has 1 atom stereocenters. The van der Waals surface area contributed by atoms with Gasteiger partial charge in [-0.15, -0.1) is 0 Å². The maximum Gasteiger partial charge on any atom is 0.220 e. The number of hydrogen-bond donors (Lipinski definition) is 1. The first kappa shape index (κ1) is 21.2. The highest BCUT2D eigenvalue weighted by Gasteiger charge is 2.16. The maximum absolute atomic E-state index is 11.1. The molecule has 1 aromatic carbocycles. The van der Waals surface area contributed by atoms with E-state index < -0.39 is 0 Å². The fourth-order valence-corrected chi connectivity index (χ4v) is 2.29. The number of nitrogens with two attached hydrogens (primary N) is 1. The van der Waals surface area contributed by atoms with E-state index in [4.69, 9.17) is 18.8 Å². The molecule has 0 saturated heterocycles. The van der Waals surface area contributed by atoms with Gasteiger partial charge in [-0.1, -0.05) is 51.7 Å². The van der Waals surface area contributed by atoms with Crippen LogP contribution < -0.4 is 11.2 Å². The molecule has 124 valence electrons. The first-order valence-electron chi connectivity index (χ1n) is 8.22. The van der Waals surface area contributed by atoms with Crippen molar-refractivity contribution in [1.29, 1.82) is 5.26 Å². The van der Waals surface area contributed by atoms with Crippen LogP contribution in [0.2, 0.25) is 0 Å². The third-order valence-electron chi connectivity index (χ3n) is 3.62. The lowest BCUT2D eigenvalue weighted by Gasteiger charge is -2.16. The molecule has 2 N–H and O–H groups in total. The third kappa shape index (κ3) is 9.78. The molecule has 0 aliphatic rings. The summed E-state index contributed by atoms with van der Waals surface area (Å²) < 4.78 is 0. The minimum absolute atomic E-state index is 0.0856. The molecule has 0 bridgehead atoms. The summed E-state index contributed by atoms with van der Waals surface area (Å²) in [5, 5.41) is 8.52. The Kier molecular flexibility index (Phi) is 10.1. The molecule has 0 aliphatic carbocycles. The van der Waals surface area contributed by atoms with E-state index in [-0.39, 0.29) is 11.8 Å². The number of aryl methyl sites for hydroxylation is 1. The van der Waals surface area contributed by atoms with E-state index >= 15 is 0 Å². The second-order valence-corrected chi connectivity index (χ2v) is 6.89. The summed E-state index contributed by atoms with van der Waals surface area (Å²) >= 11 is 0. The van der Waals surface area contributed by atoms with E-state index in [2.05, 4.69) is 33.8 Å². The van der Waals surface area contributed by atoms with E-state index in [1.54, 1.807) is 18.2 Å². The van der Waals surface area contributed by atoms with Gasteiger partial charge >= 0.3 is 0 Å². The van der Waals surface area contributed by atoms with Gasteiger partial charge < -0.3 is 5.73 Å². The van der Waals surface area contributed by atoms with E-state index in [1.165, 1.54) is 0 Å². The minimum atomic E-state index is -0.130. The van der Waals surface area contributed by atoms with Crippen LogP contribution in [0.25, 0.3) is 0 Å². The Morgan fingerprint density at radius 3 is 2.22 bits per heavy atom. The van der Waals surface area contributed by atoms with Gasteiger partial charge in [-0.3, -0.25) is 4.79 Å². The molecule has 23 heavy (non-hydrogen) atoms. The Labute approximate surface area is 142 Å². The van der Waals surface area contributed by atoms with Crippen molar-refractivity contribution in [1.82, 2.24) is 0 Å². The predicted molar refractivity (Wildman–Crippen MR) is 97.5 cm³/mol. The van der Waals surface area contributed by atoms with Crippen LogP contribution in [0.5, 0.6) is 0 Å². The summed E-state index contributed by atoms with van der Waals surface area (Å²) in [4.78, 5) is 11.1. The Bertz CT molecular complexity index is 533. The van der Waals surface area contributed by atoms with E-state index in [1.807, 2.05) is 6.92 Å². The zero-order valence-corrected chi connectivity index (χ0v) is 15.1. The molecule has 4 heteroatoms. The maximum atomic E-state index is 11.1. The summed E-state index contributed by atoms with van der Waals surface area (Å²) in [7, 11) is 5.47. The average molecular weight is 312 g/mol. The van der Waals surface area contributed by atoms with Gasteiger partial charge in [-0.2, -0.15) is 5.26 Å². The number of nitriles is 1. The first-order valence-corrected chi connectivity index (χ1v) is 8.22. The van der Waals surface area contributed by atoms with Crippen LogP contribution in [0.4, 0.5) is 0 Å². The molecule has 0 spiro atoms. The number of amides is 1. The summed E-state index contributed by atoms with van der Waals surface area (Å²) in [6.07, 6.45) is 2.98. The molecule has 0 heterocycles. The van der Waals surface area contributed by atoms with E-state index in [0.29, 0.717) is 22.9 Å². The SMILES string of the molecule is CC(C)CCC(CC(C)C)C(N)=O.[B]c1ccc(C#N)c(C)c1. The quantitative estimate of drug-likeness (QED) is 0.819. The molecule has 0 aliphatic heterocycles. The van der Waals surface area contributed by atoms with Crippen molar-refractivity contribution in [3.05, 3.63) is 29.3 Å². The molecule has 1 aromatic rings. The number of nitrogens with zero attached hydrogens (tertiary/aromatic N) is 1. The Hall–Kier alpha value is -1.76. The van der Waals surface area contributed by atoms with Crippen LogP contribution in [0.1, 0.15) is 58.1 Å². The van der Waals surface area contributed by atoms with Crippen molar-refractivity contribution in [3.63, 3.8) is 0 Å². The number of primary amides is 1. The monoisotopic (exact) mass is 312 g/mol. The molecule has 0 aromatic heterocycles. The predicted octanol–water partition coefficient (Wildman–Crippen LogP) is 3.23. The van der Waals surface area contributed by atoms with Gasteiger partial charge in [0.25, 0.3) is 0 Å². The van der Waals surface area contributed by atoms with Crippen LogP contribution >= 0.6 is 0 Å². The summed E-state index contributed by atoms with van der Waals surface area (Å²) in [5.74, 6) is 1.18. The third-order valence-corrected chi connectivity index (χ3v) is 3.62. The highest BCUT2D eigenvalue weighted by molar-refractivity contribution is 6.32. The highest BCUT2D eigenvalue weighted by Crippen LogP contribution is 2.19. The van der Waals surface area contributed by atoms with Crippen molar-refractivity contribution in [2.24, 2.45) is 23.5 Å². The van der Waals surface area contributed by atoms with Gasteiger partial charge in [0.15, 0.2) is 0 Å². The van der Waals surface area contributed by atoms with E-state index in [9.17, 15) is 4.79 Å². The molecule has 3 nitrogen and oxygen atoms in total. The average Bonchev–Trinajstić information content (AvgIpc) is 2.43. The van der Waals surface area contributed by atoms with Crippen molar-refractivity contribution < 1.29 is 4.79 Å². The second kappa shape index (κ2) is 10.9. The molecule has 1 amide bonds. The lowest BCUT2D eigenvalue weighted by Crippen LogP contribution is -2.25. The molecule has 2 radical (unpaired) electrons. The van der Waals surface area contributed by atoms with Crippen molar-refractivity contribution in [3.8, 4) is 6.07 Å². The van der Waals surface area contributed by atoms with Crippen molar-refractivity contribution in [2.75, 3.05) is 0 Å². The summed E-state index contributed by atoms with van der Waals surface area (Å²) in [6, 6.07) is 7.31. The topological polar surface area (TPSA) is 66.9 Å². The second-order valence-electron chi connectivity index (χ2n) is 6.89. The van der Waals surface area contributed by atoms with Crippen LogP contribution in [0.15, 0.2) is 18.2 Å². The minimum Gasteiger partial charge on any atom is -0.369 e. The zero-order valence-electron chi connectivity index (χ0n) is 15.1. The first-order chi connectivity index (χ1) is 10.7. The number of benzene rings is 1. The molecular formula is C19H29BN2O. The van der Waals surface area contributed by atoms with Gasteiger partial charge in [0.05, 0.1) is 11.6 Å². The summed E-state index contributed by atoms with van der Waals surface area (Å²) in [5.41, 5.74) is 7.66. The lowest BCUT2D eigenvalue weighted by molar-refractivity contribution is -0.122. The van der Waals surface area contributed by atoms with Crippen LogP contribution in [0, 0.1) is 36.0 Å². The van der Waals surface area contributed by atoms with Crippen LogP contribution in [0.3, 0.4) is 0 Å². The van der Waals surface area contributed by atoms with Gasteiger partial charge in [-0.05, 0) is 43.2 Å². The zero-order chi connectivity index (χ0) is 18.0. The number of rotatable bonds is 6. The van der Waals surface area contributed by atoms with Crippen LogP contribution in [-0.4, -0.2) is 13.8 Å². The van der Waals surface area contributed by atoms with E-state index in [0.717, 1.165) is 24.8 Å². The number of hydrogen-bond acceptors (Lipinski definition) is 2. The Morgan fingerprint density at radius 2 is 1.83 bits per heavy atom. The van der Waals surface area contributed by atoms with Gasteiger partial charge in [0.1, 0.15) is 7.85 Å². The highest BCUT2D eigenvalue weighted by atomic mass is 16.1. The molecule has 1 unspecified atom stereocenters. The molecule has 1 rings (SSSR count). The fraction of sp³-hybridized carbons (Fsp3) is 0.579. The van der Waals surface area contributed by atoms with Crippen molar-refractivity contribution in [2.45, 2.75) is 53.9 Å². The lowest BCUT2D eigenvalue weighted by atomic mass is 9.90.